The predicted octanol–water partition coefficient (Wildman–Crippen LogP) is 2.55. The number of benzene rings is 1. The van der Waals surface area contributed by atoms with Crippen LogP contribution in [-0.2, 0) is 16.4 Å². The van der Waals surface area contributed by atoms with Gasteiger partial charge < -0.3 is 4.90 Å². The van der Waals surface area contributed by atoms with Gasteiger partial charge in [0.1, 0.15) is 9.77 Å². The summed E-state index contributed by atoms with van der Waals surface area (Å²) in [5.41, 5.74) is 0.667. The number of carbonyl (C=O) groups excluding carboxylic acids is 1. The van der Waals surface area contributed by atoms with Crippen molar-refractivity contribution in [1.82, 2.24) is 18.8 Å². The van der Waals surface area contributed by atoms with Crippen LogP contribution in [0.5, 0.6) is 0 Å². The number of sulfonamides is 1. The van der Waals surface area contributed by atoms with Crippen molar-refractivity contribution < 1.29 is 13.2 Å². The quantitative estimate of drug-likeness (QED) is 0.737. The molecule has 0 radical (unpaired) electrons. The summed E-state index contributed by atoms with van der Waals surface area (Å²) in [4.78, 5) is 14.7. The van der Waals surface area contributed by atoms with E-state index in [-0.39, 0.29) is 47.0 Å². The topological polar surface area (TPSA) is 83.5 Å². The fraction of sp³-hybridized carbons (Fsp3) is 0.400. The first-order chi connectivity index (χ1) is 12.4. The molecular formula is C15H16Cl2N4O3S2. The monoisotopic (exact) mass is 434 g/mol. The number of aryl methyl sites for hydroxylation is 1. The molecule has 0 bridgehead atoms. The van der Waals surface area contributed by atoms with E-state index in [1.165, 1.54) is 16.4 Å². The molecule has 0 aliphatic carbocycles. The highest BCUT2D eigenvalue weighted by Gasteiger charge is 2.33. The molecule has 0 saturated carbocycles. The molecule has 0 unspecified atom stereocenters. The first-order valence-corrected chi connectivity index (χ1v) is 10.9. The summed E-state index contributed by atoms with van der Waals surface area (Å²) in [6, 6.07) is 4.51. The van der Waals surface area contributed by atoms with E-state index < -0.39 is 10.0 Å². The maximum atomic E-state index is 12.8. The Kier molecular flexibility index (Phi) is 5.83. The first-order valence-electron chi connectivity index (χ1n) is 7.91. The number of hydrogen-bond donors (Lipinski definition) is 0. The largest absolute Gasteiger partial charge is 0.335 e. The van der Waals surface area contributed by atoms with Crippen LogP contribution in [0.25, 0.3) is 0 Å². The number of aromatic nitrogens is 2. The van der Waals surface area contributed by atoms with E-state index in [9.17, 15) is 13.2 Å². The molecule has 1 fully saturated rings. The normalized spacial score (nSPS) is 16.0. The molecule has 1 aromatic carbocycles. The zero-order chi connectivity index (χ0) is 18.9. The summed E-state index contributed by atoms with van der Waals surface area (Å²) in [5.74, 6) is -0.158. The summed E-state index contributed by atoms with van der Waals surface area (Å²) in [7, 11) is -3.77. The van der Waals surface area contributed by atoms with Gasteiger partial charge in [-0.15, -0.1) is 5.10 Å². The van der Waals surface area contributed by atoms with Crippen LogP contribution in [-0.4, -0.2) is 59.3 Å². The average molecular weight is 435 g/mol. The van der Waals surface area contributed by atoms with Gasteiger partial charge in [0, 0.05) is 26.2 Å². The number of hydrogen-bond acceptors (Lipinski definition) is 6. The van der Waals surface area contributed by atoms with Gasteiger partial charge in [-0.1, -0.05) is 40.7 Å². The van der Waals surface area contributed by atoms with Crippen molar-refractivity contribution in [1.29, 1.82) is 0 Å². The van der Waals surface area contributed by atoms with E-state index in [2.05, 4.69) is 9.59 Å². The molecule has 2 heterocycles. The van der Waals surface area contributed by atoms with Crippen LogP contribution < -0.4 is 0 Å². The maximum Gasteiger partial charge on any atom is 0.267 e. The number of nitrogens with zero attached hydrogens (tertiary/aromatic N) is 4. The van der Waals surface area contributed by atoms with Crippen molar-refractivity contribution in [3.05, 3.63) is 38.8 Å². The lowest BCUT2D eigenvalue weighted by atomic mass is 10.2. The minimum absolute atomic E-state index is 0.0102. The summed E-state index contributed by atoms with van der Waals surface area (Å²) in [6.45, 7) is 2.86. The molecule has 140 valence electrons. The Morgan fingerprint density at radius 3 is 2.58 bits per heavy atom. The average Bonchev–Trinajstić information content (AvgIpc) is 3.12. The van der Waals surface area contributed by atoms with E-state index in [1.807, 2.05) is 6.92 Å². The molecule has 1 aromatic heterocycles. The summed E-state index contributed by atoms with van der Waals surface area (Å²) in [6.07, 6.45) is 0.624. The Balaban J connectivity index is 1.74. The van der Waals surface area contributed by atoms with Crippen molar-refractivity contribution in [3.8, 4) is 0 Å². The van der Waals surface area contributed by atoms with E-state index in [1.54, 1.807) is 11.0 Å². The second-order valence-corrected chi connectivity index (χ2v) is 9.10. The third-order valence-electron chi connectivity index (χ3n) is 4.14. The Morgan fingerprint density at radius 1 is 1.23 bits per heavy atom. The van der Waals surface area contributed by atoms with Gasteiger partial charge in [0.05, 0.1) is 15.7 Å². The van der Waals surface area contributed by atoms with Gasteiger partial charge in [0.15, 0.2) is 0 Å². The van der Waals surface area contributed by atoms with Crippen LogP contribution in [0.3, 0.4) is 0 Å². The van der Waals surface area contributed by atoms with Crippen LogP contribution in [0.15, 0.2) is 23.1 Å². The lowest BCUT2D eigenvalue weighted by Gasteiger charge is -2.34. The van der Waals surface area contributed by atoms with Crippen molar-refractivity contribution in [2.24, 2.45) is 0 Å². The smallest absolute Gasteiger partial charge is 0.267 e. The summed E-state index contributed by atoms with van der Waals surface area (Å²) >= 11 is 13.1. The molecule has 1 amide bonds. The molecule has 0 N–H and O–H groups in total. The number of carbonyl (C=O) groups is 1. The highest BCUT2D eigenvalue weighted by molar-refractivity contribution is 7.89. The van der Waals surface area contributed by atoms with Crippen molar-refractivity contribution >= 4 is 50.7 Å². The molecule has 26 heavy (non-hydrogen) atoms. The molecular weight excluding hydrogens is 419 g/mol. The fourth-order valence-electron chi connectivity index (χ4n) is 2.70. The standard InChI is InChI=1S/C15H16Cl2N4O3S2/c1-2-11-14(25-19-18-11)15(22)20-6-8-21(9-7-20)26(23,24)12-5-3-4-10(16)13(12)17/h3-5H,2,6-9H2,1H3. The number of piperazine rings is 1. The van der Waals surface area contributed by atoms with E-state index >= 15 is 0 Å². The van der Waals surface area contributed by atoms with Gasteiger partial charge in [0.25, 0.3) is 5.91 Å². The van der Waals surface area contributed by atoms with E-state index in [4.69, 9.17) is 23.2 Å². The van der Waals surface area contributed by atoms with Crippen LogP contribution in [0, 0.1) is 0 Å². The highest BCUT2D eigenvalue weighted by atomic mass is 35.5. The Hall–Kier alpha value is -1.26. The predicted molar refractivity (Wildman–Crippen MR) is 100 cm³/mol. The minimum atomic E-state index is -3.77. The zero-order valence-corrected chi connectivity index (χ0v) is 17.0. The number of amides is 1. The lowest BCUT2D eigenvalue weighted by Crippen LogP contribution is -2.50. The van der Waals surface area contributed by atoms with Crippen LogP contribution in [0.2, 0.25) is 10.0 Å². The molecule has 2 aromatic rings. The van der Waals surface area contributed by atoms with Crippen molar-refractivity contribution in [3.63, 3.8) is 0 Å². The zero-order valence-electron chi connectivity index (χ0n) is 13.9. The van der Waals surface area contributed by atoms with Gasteiger partial charge in [0.2, 0.25) is 10.0 Å². The molecule has 7 nitrogen and oxygen atoms in total. The number of rotatable bonds is 4. The summed E-state index contributed by atoms with van der Waals surface area (Å²) < 4.78 is 30.8. The molecule has 1 saturated heterocycles. The van der Waals surface area contributed by atoms with Crippen LogP contribution in [0.4, 0.5) is 0 Å². The third-order valence-corrected chi connectivity index (χ3v) is 7.77. The van der Waals surface area contributed by atoms with Crippen molar-refractivity contribution in [2.45, 2.75) is 18.2 Å². The van der Waals surface area contributed by atoms with Gasteiger partial charge in [-0.05, 0) is 30.1 Å². The van der Waals surface area contributed by atoms with Crippen molar-refractivity contribution in [2.75, 3.05) is 26.2 Å². The fourth-order valence-corrected chi connectivity index (χ4v) is 5.58. The molecule has 0 spiro atoms. The Morgan fingerprint density at radius 2 is 1.92 bits per heavy atom. The Bertz CT molecular complexity index is 925. The van der Waals surface area contributed by atoms with E-state index in [0.29, 0.717) is 17.0 Å². The molecule has 3 rings (SSSR count). The SMILES string of the molecule is CCc1nnsc1C(=O)N1CCN(S(=O)(=O)c2cccc(Cl)c2Cl)CC1. The third kappa shape index (κ3) is 3.59. The van der Waals surface area contributed by atoms with Gasteiger partial charge in [-0.2, -0.15) is 4.31 Å². The molecule has 1 aliphatic heterocycles. The summed E-state index contributed by atoms with van der Waals surface area (Å²) in [5, 5.41) is 4.15. The second-order valence-electron chi connectivity index (χ2n) is 5.65. The van der Waals surface area contributed by atoms with E-state index in [0.717, 1.165) is 11.5 Å². The van der Waals surface area contributed by atoms with Gasteiger partial charge in [-0.3, -0.25) is 4.79 Å². The van der Waals surface area contributed by atoms with Gasteiger partial charge >= 0.3 is 0 Å². The maximum absolute atomic E-state index is 12.8. The van der Waals surface area contributed by atoms with Gasteiger partial charge in [-0.25, -0.2) is 8.42 Å². The second kappa shape index (κ2) is 7.77. The molecule has 0 atom stereocenters. The van der Waals surface area contributed by atoms with Crippen LogP contribution >= 0.6 is 34.7 Å². The lowest BCUT2D eigenvalue weighted by molar-refractivity contribution is 0.0701. The molecule has 11 heteroatoms. The van der Waals surface area contributed by atoms with Crippen LogP contribution in [0.1, 0.15) is 22.3 Å². The number of halogens is 2. The molecule has 1 aliphatic rings. The minimum Gasteiger partial charge on any atom is -0.335 e. The first kappa shape index (κ1) is 19.5. The Labute approximate surface area is 165 Å². The highest BCUT2D eigenvalue weighted by Crippen LogP contribution is 2.31.